The van der Waals surface area contributed by atoms with E-state index in [-0.39, 0.29) is 24.9 Å². The Morgan fingerprint density at radius 3 is 2.29 bits per heavy atom. The summed E-state index contributed by atoms with van der Waals surface area (Å²) in [5.74, 6) is 1.76. The van der Waals surface area contributed by atoms with Crippen molar-refractivity contribution < 1.29 is 38.0 Å². The summed E-state index contributed by atoms with van der Waals surface area (Å²) in [5, 5.41) is 2.06. The van der Waals surface area contributed by atoms with Crippen LogP contribution in [0.15, 0.2) is 127 Å². The van der Waals surface area contributed by atoms with Crippen LogP contribution in [0, 0.1) is 5.92 Å². The maximum absolute atomic E-state index is 12.8. The molecule has 0 aromatic heterocycles. The molecule has 3 heterocycles. The summed E-state index contributed by atoms with van der Waals surface area (Å²) in [6.45, 7) is 15.0. The SMILES string of the molecule is C=C(C)C(=O)OCCCC(=O)OCC1CCCN(c2cc3c4c(c5c(c3cc2OC)OC(c2ccccc2)(c2ccc(N3CCOCC3)cc2)C=C5)C(C)(C)c2cc(-c3ccccc3OC)ccc2-4)C1. The zero-order valence-corrected chi connectivity index (χ0v) is 41.0. The van der Waals surface area contributed by atoms with Gasteiger partial charge in [-0.05, 0) is 102 Å². The largest absolute Gasteiger partial charge is 0.496 e. The zero-order valence-electron chi connectivity index (χ0n) is 41.0. The van der Waals surface area contributed by atoms with Crippen LogP contribution in [0.5, 0.6) is 17.2 Å². The van der Waals surface area contributed by atoms with Crippen LogP contribution in [0.4, 0.5) is 11.4 Å². The number of rotatable bonds is 14. The number of ether oxygens (including phenoxy) is 6. The van der Waals surface area contributed by atoms with Crippen molar-refractivity contribution in [1.29, 1.82) is 0 Å². The average molecular weight is 939 g/mol. The second kappa shape index (κ2) is 19.4. The van der Waals surface area contributed by atoms with Gasteiger partial charge in [-0.2, -0.15) is 0 Å². The monoisotopic (exact) mass is 938 g/mol. The van der Waals surface area contributed by atoms with E-state index in [2.05, 4.69) is 139 Å². The molecule has 0 bridgehead atoms. The summed E-state index contributed by atoms with van der Waals surface area (Å²) < 4.78 is 36.7. The fourth-order valence-electron chi connectivity index (χ4n) is 11.1. The van der Waals surface area contributed by atoms with Gasteiger partial charge in [0, 0.05) is 82.8 Å². The first-order chi connectivity index (χ1) is 34.0. The van der Waals surface area contributed by atoms with Crippen molar-refractivity contribution in [2.75, 3.05) is 76.6 Å². The number of morpholine rings is 1. The highest BCUT2D eigenvalue weighted by Gasteiger charge is 2.45. The minimum atomic E-state index is -0.940. The molecule has 2 fully saturated rings. The van der Waals surface area contributed by atoms with E-state index < -0.39 is 17.0 Å². The lowest BCUT2D eigenvalue weighted by Gasteiger charge is -2.39. The minimum Gasteiger partial charge on any atom is -0.496 e. The highest BCUT2D eigenvalue weighted by atomic mass is 16.5. The van der Waals surface area contributed by atoms with Gasteiger partial charge in [0.1, 0.15) is 17.2 Å². The minimum absolute atomic E-state index is 0.122. The summed E-state index contributed by atoms with van der Waals surface area (Å²) in [5.41, 5.74) is 11.2. The van der Waals surface area contributed by atoms with Gasteiger partial charge in [-0.15, -0.1) is 0 Å². The number of esters is 2. The summed E-state index contributed by atoms with van der Waals surface area (Å²) >= 11 is 0. The first-order valence-corrected chi connectivity index (χ1v) is 24.6. The molecule has 10 heteroatoms. The van der Waals surface area contributed by atoms with Crippen LogP contribution in [0.2, 0.25) is 0 Å². The van der Waals surface area contributed by atoms with Gasteiger partial charge < -0.3 is 38.2 Å². The fourth-order valence-corrected chi connectivity index (χ4v) is 11.1. The number of hydrogen-bond donors (Lipinski definition) is 0. The van der Waals surface area contributed by atoms with Gasteiger partial charge in [0.2, 0.25) is 0 Å². The Balaban J connectivity index is 1.07. The van der Waals surface area contributed by atoms with Gasteiger partial charge in [-0.3, -0.25) is 4.79 Å². The first kappa shape index (κ1) is 46.7. The van der Waals surface area contributed by atoms with Gasteiger partial charge in [0.15, 0.2) is 5.60 Å². The van der Waals surface area contributed by atoms with E-state index >= 15 is 0 Å². The number of anilines is 2. The molecule has 3 aliphatic heterocycles. The van der Waals surface area contributed by atoms with Crippen molar-refractivity contribution in [1.82, 2.24) is 0 Å². The van der Waals surface area contributed by atoms with Crippen molar-refractivity contribution >= 4 is 40.2 Å². The molecular weight excluding hydrogens is 877 g/mol. The molecule has 0 radical (unpaired) electrons. The Labute approximate surface area is 411 Å². The van der Waals surface area contributed by atoms with E-state index in [9.17, 15) is 9.59 Å². The van der Waals surface area contributed by atoms with E-state index in [0.717, 1.165) is 107 Å². The summed E-state index contributed by atoms with van der Waals surface area (Å²) in [6.07, 6.45) is 7.00. The van der Waals surface area contributed by atoms with Gasteiger partial charge in [0.05, 0.1) is 46.3 Å². The molecular formula is C60H62N2O8. The van der Waals surface area contributed by atoms with Crippen molar-refractivity contribution in [3.8, 4) is 39.5 Å². The number of carbonyl (C=O) groups is 2. The lowest BCUT2D eigenvalue weighted by molar-refractivity contribution is -0.147. The Kier molecular flexibility index (Phi) is 12.9. The molecule has 4 aliphatic rings. The predicted octanol–water partition coefficient (Wildman–Crippen LogP) is 11.7. The summed E-state index contributed by atoms with van der Waals surface area (Å²) in [4.78, 5) is 29.4. The van der Waals surface area contributed by atoms with E-state index in [0.29, 0.717) is 25.1 Å². The van der Waals surface area contributed by atoms with Crippen LogP contribution >= 0.6 is 0 Å². The summed E-state index contributed by atoms with van der Waals surface area (Å²) in [7, 11) is 3.47. The standard InChI is InChI=1S/C60H62N2O8/c1-39(2)58(64)68-31-13-19-54(63)69-38-40-14-12-28-62(37-40)51-35-48-49(36-53(51)66-6)57-47(56-55(48)46-25-20-41(34-50(46)59(56,3)4)45-17-10-11-18-52(45)65-5)26-27-60(70-57,42-15-8-7-9-16-42)43-21-23-44(24-22-43)61-29-32-67-33-30-61/h7-11,15-18,20-27,34-36,40H,1,12-14,19,28-33,37-38H2,2-6H3. The quantitative estimate of drug-likeness (QED) is 0.0597. The molecule has 0 spiro atoms. The van der Waals surface area contributed by atoms with E-state index in [1.807, 2.05) is 12.1 Å². The number of nitrogens with zero attached hydrogens (tertiary/aromatic N) is 2. The topological polar surface area (TPSA) is 96.0 Å². The Bertz CT molecular complexity index is 2990. The van der Waals surface area contributed by atoms with Crippen molar-refractivity contribution in [3.63, 3.8) is 0 Å². The van der Waals surface area contributed by atoms with Gasteiger partial charge in [0.25, 0.3) is 0 Å². The van der Waals surface area contributed by atoms with Gasteiger partial charge in [-0.1, -0.05) is 99.3 Å². The zero-order chi connectivity index (χ0) is 48.6. The molecule has 360 valence electrons. The van der Waals surface area contributed by atoms with Crippen LogP contribution in [0.1, 0.15) is 74.3 Å². The maximum Gasteiger partial charge on any atom is 0.333 e. The predicted molar refractivity (Wildman–Crippen MR) is 277 cm³/mol. The molecule has 2 unspecified atom stereocenters. The third-order valence-electron chi connectivity index (χ3n) is 14.7. The van der Waals surface area contributed by atoms with Gasteiger partial charge >= 0.3 is 11.9 Å². The number of carbonyl (C=O) groups excluding carboxylic acids is 2. The first-order valence-electron chi connectivity index (χ1n) is 24.6. The van der Waals surface area contributed by atoms with Crippen LogP contribution in [0.25, 0.3) is 39.1 Å². The molecule has 0 saturated carbocycles. The second-order valence-corrected chi connectivity index (χ2v) is 19.5. The number of methoxy groups -OCH3 is 2. The van der Waals surface area contributed by atoms with Crippen molar-refractivity contribution in [3.05, 3.63) is 155 Å². The van der Waals surface area contributed by atoms with E-state index in [4.69, 9.17) is 28.4 Å². The van der Waals surface area contributed by atoms with E-state index in [1.54, 1.807) is 21.1 Å². The fraction of sp³-hybridized carbons (Fsp3) is 0.333. The van der Waals surface area contributed by atoms with Gasteiger partial charge in [-0.25, -0.2) is 4.79 Å². The van der Waals surface area contributed by atoms with Crippen molar-refractivity contribution in [2.24, 2.45) is 5.92 Å². The molecule has 0 amide bonds. The Morgan fingerprint density at radius 2 is 1.53 bits per heavy atom. The average Bonchev–Trinajstić information content (AvgIpc) is 3.64. The number of benzene rings is 6. The van der Waals surface area contributed by atoms with Crippen molar-refractivity contribution in [2.45, 2.75) is 57.5 Å². The summed E-state index contributed by atoms with van der Waals surface area (Å²) in [6, 6.07) is 38.9. The molecule has 0 N–H and O–H groups in total. The highest BCUT2D eigenvalue weighted by Crippen LogP contribution is 2.60. The Morgan fingerprint density at radius 1 is 0.786 bits per heavy atom. The third-order valence-corrected chi connectivity index (χ3v) is 14.7. The number of piperidine rings is 1. The molecule has 2 saturated heterocycles. The lowest BCUT2D eigenvalue weighted by atomic mass is 9.76. The molecule has 6 aromatic rings. The number of para-hydroxylation sites is 1. The van der Waals surface area contributed by atoms with Crippen LogP contribution in [-0.4, -0.2) is 78.8 Å². The van der Waals surface area contributed by atoms with Crippen LogP contribution < -0.4 is 24.0 Å². The molecule has 6 aromatic carbocycles. The molecule has 70 heavy (non-hydrogen) atoms. The smallest absolute Gasteiger partial charge is 0.333 e. The van der Waals surface area contributed by atoms with E-state index in [1.165, 1.54) is 27.9 Å². The highest BCUT2D eigenvalue weighted by molar-refractivity contribution is 6.10. The second-order valence-electron chi connectivity index (χ2n) is 19.5. The van der Waals surface area contributed by atoms with Crippen LogP contribution in [0.3, 0.4) is 0 Å². The van der Waals surface area contributed by atoms with Crippen LogP contribution in [-0.2, 0) is 34.8 Å². The molecule has 1 aliphatic carbocycles. The number of fused-ring (bicyclic) bond motifs is 8. The normalized spacial score (nSPS) is 18.8. The maximum atomic E-state index is 12.8. The third kappa shape index (κ3) is 8.57. The molecule has 2 atom stereocenters. The number of hydrogen-bond acceptors (Lipinski definition) is 10. The molecule has 10 rings (SSSR count). The lowest BCUT2D eigenvalue weighted by Crippen LogP contribution is -2.38. The molecule has 10 nitrogen and oxygen atoms in total. The Hall–Kier alpha value is -7.04.